The fourth-order valence-corrected chi connectivity index (χ4v) is 4.57. The van der Waals surface area contributed by atoms with Crippen molar-refractivity contribution in [2.24, 2.45) is 22.7 Å². The third-order valence-corrected chi connectivity index (χ3v) is 5.79. The molecular formula is C14H22O. The molecule has 3 fully saturated rings. The van der Waals surface area contributed by atoms with Crippen LogP contribution < -0.4 is 0 Å². The van der Waals surface area contributed by atoms with E-state index in [0.29, 0.717) is 11.2 Å². The molecule has 0 aromatic heterocycles. The molecule has 0 saturated heterocycles. The molecule has 0 spiro atoms. The molecule has 3 saturated carbocycles. The number of rotatable bonds is 0. The van der Waals surface area contributed by atoms with E-state index in [1.807, 2.05) is 0 Å². The standard InChI is InChI=1S/C14H22O/c1-13-5-3-4-10-8-12(15)14(2,7-6-13)11(10)9-13/h10-11H,3-9H2,1-2H3. The van der Waals surface area contributed by atoms with E-state index in [1.165, 1.54) is 38.5 Å². The van der Waals surface area contributed by atoms with Crippen molar-refractivity contribution in [1.29, 1.82) is 0 Å². The summed E-state index contributed by atoms with van der Waals surface area (Å²) >= 11 is 0. The van der Waals surface area contributed by atoms with Crippen molar-refractivity contribution in [2.75, 3.05) is 0 Å². The molecule has 3 rings (SSSR count). The summed E-state index contributed by atoms with van der Waals surface area (Å²) in [5, 5.41) is 0. The Hall–Kier alpha value is -0.330. The third kappa shape index (κ3) is 1.24. The minimum Gasteiger partial charge on any atom is -0.299 e. The molecule has 4 atom stereocenters. The molecule has 0 heterocycles. The van der Waals surface area contributed by atoms with Gasteiger partial charge < -0.3 is 0 Å². The van der Waals surface area contributed by atoms with Gasteiger partial charge in [-0.3, -0.25) is 4.79 Å². The first kappa shape index (κ1) is 9.86. The molecule has 2 bridgehead atoms. The Morgan fingerprint density at radius 2 is 2.00 bits per heavy atom. The smallest absolute Gasteiger partial charge is 0.139 e. The molecule has 1 nitrogen and oxygen atoms in total. The minimum atomic E-state index is 0.0779. The number of hydrogen-bond acceptors (Lipinski definition) is 1. The normalized spacial score (nSPS) is 54.1. The van der Waals surface area contributed by atoms with Crippen molar-refractivity contribution in [3.63, 3.8) is 0 Å². The van der Waals surface area contributed by atoms with Crippen LogP contribution in [0.15, 0.2) is 0 Å². The zero-order valence-corrected chi connectivity index (χ0v) is 10.0. The molecule has 3 aliphatic rings. The zero-order valence-electron chi connectivity index (χ0n) is 10.0. The SMILES string of the molecule is CC12CCCC3CC(=O)C(C)(CC1)C3C2. The summed E-state index contributed by atoms with van der Waals surface area (Å²) < 4.78 is 0. The summed E-state index contributed by atoms with van der Waals surface area (Å²) in [6.07, 6.45) is 8.78. The van der Waals surface area contributed by atoms with Gasteiger partial charge in [0.1, 0.15) is 5.78 Å². The molecule has 3 aliphatic carbocycles. The van der Waals surface area contributed by atoms with E-state index in [-0.39, 0.29) is 5.41 Å². The van der Waals surface area contributed by atoms with Gasteiger partial charge >= 0.3 is 0 Å². The quantitative estimate of drug-likeness (QED) is 0.592. The van der Waals surface area contributed by atoms with Crippen molar-refractivity contribution in [2.45, 2.75) is 58.8 Å². The van der Waals surface area contributed by atoms with Crippen LogP contribution in [-0.4, -0.2) is 5.78 Å². The van der Waals surface area contributed by atoms with Crippen LogP contribution in [0.25, 0.3) is 0 Å². The Bertz CT molecular complexity index is 308. The molecule has 0 aromatic rings. The Balaban J connectivity index is 2.00. The highest BCUT2D eigenvalue weighted by Gasteiger charge is 2.56. The fraction of sp³-hybridized carbons (Fsp3) is 0.929. The Morgan fingerprint density at radius 3 is 2.80 bits per heavy atom. The molecule has 1 heteroatoms. The second-order valence-electron chi connectivity index (χ2n) is 6.82. The largest absolute Gasteiger partial charge is 0.299 e. The average Bonchev–Trinajstić information content (AvgIpc) is 2.36. The van der Waals surface area contributed by atoms with Gasteiger partial charge in [0, 0.05) is 11.8 Å². The predicted molar refractivity (Wildman–Crippen MR) is 60.5 cm³/mol. The first-order valence-electron chi connectivity index (χ1n) is 6.57. The first-order valence-corrected chi connectivity index (χ1v) is 6.57. The van der Waals surface area contributed by atoms with E-state index < -0.39 is 0 Å². The van der Waals surface area contributed by atoms with Crippen molar-refractivity contribution in [3.05, 3.63) is 0 Å². The Kier molecular flexibility index (Phi) is 1.88. The number of carbonyl (C=O) groups is 1. The number of Topliss-reactive ketones (excluding diaryl/α,β-unsaturated/α-hetero) is 1. The predicted octanol–water partition coefficient (Wildman–Crippen LogP) is 3.57. The van der Waals surface area contributed by atoms with Gasteiger partial charge in [-0.05, 0) is 49.4 Å². The molecular weight excluding hydrogens is 184 g/mol. The highest BCUT2D eigenvalue weighted by molar-refractivity contribution is 5.87. The van der Waals surface area contributed by atoms with Gasteiger partial charge in [-0.1, -0.05) is 20.3 Å². The number of fused-ring (bicyclic) bond motifs is 1. The van der Waals surface area contributed by atoms with Crippen LogP contribution in [0.5, 0.6) is 0 Å². The van der Waals surface area contributed by atoms with E-state index in [9.17, 15) is 4.79 Å². The van der Waals surface area contributed by atoms with Crippen molar-refractivity contribution < 1.29 is 4.79 Å². The summed E-state index contributed by atoms with van der Waals surface area (Å²) in [6, 6.07) is 0. The van der Waals surface area contributed by atoms with Crippen LogP contribution in [0, 0.1) is 22.7 Å². The maximum absolute atomic E-state index is 12.1. The molecule has 0 amide bonds. The van der Waals surface area contributed by atoms with Crippen LogP contribution in [0.2, 0.25) is 0 Å². The van der Waals surface area contributed by atoms with Gasteiger partial charge in [-0.2, -0.15) is 0 Å². The van der Waals surface area contributed by atoms with Crippen LogP contribution in [0.3, 0.4) is 0 Å². The Labute approximate surface area is 92.6 Å². The van der Waals surface area contributed by atoms with Gasteiger partial charge in [0.15, 0.2) is 0 Å². The fourth-order valence-electron chi connectivity index (χ4n) is 4.57. The summed E-state index contributed by atoms with van der Waals surface area (Å²) in [5.41, 5.74) is 0.651. The summed E-state index contributed by atoms with van der Waals surface area (Å²) in [5.74, 6) is 2.05. The molecule has 0 N–H and O–H groups in total. The lowest BCUT2D eigenvalue weighted by Crippen LogP contribution is -2.39. The van der Waals surface area contributed by atoms with Crippen molar-refractivity contribution >= 4 is 5.78 Å². The molecule has 0 aliphatic heterocycles. The van der Waals surface area contributed by atoms with E-state index in [4.69, 9.17) is 0 Å². The summed E-state index contributed by atoms with van der Waals surface area (Å²) in [4.78, 5) is 12.1. The topological polar surface area (TPSA) is 17.1 Å². The molecule has 84 valence electrons. The van der Waals surface area contributed by atoms with Crippen LogP contribution in [0.1, 0.15) is 58.8 Å². The third-order valence-electron chi connectivity index (χ3n) is 5.79. The number of carbonyl (C=O) groups excluding carboxylic acids is 1. The minimum absolute atomic E-state index is 0.0779. The molecule has 0 radical (unpaired) electrons. The van der Waals surface area contributed by atoms with Gasteiger partial charge in [-0.15, -0.1) is 0 Å². The highest BCUT2D eigenvalue weighted by Crippen LogP contribution is 2.61. The average molecular weight is 206 g/mol. The lowest BCUT2D eigenvalue weighted by molar-refractivity contribution is -0.129. The monoisotopic (exact) mass is 206 g/mol. The van der Waals surface area contributed by atoms with Crippen LogP contribution in [0.4, 0.5) is 0 Å². The lowest BCUT2D eigenvalue weighted by atomic mass is 9.59. The number of ketones is 1. The van der Waals surface area contributed by atoms with E-state index in [0.717, 1.165) is 18.3 Å². The van der Waals surface area contributed by atoms with Gasteiger partial charge in [0.05, 0.1) is 0 Å². The van der Waals surface area contributed by atoms with Gasteiger partial charge in [-0.25, -0.2) is 0 Å². The van der Waals surface area contributed by atoms with E-state index >= 15 is 0 Å². The molecule has 0 aromatic carbocycles. The van der Waals surface area contributed by atoms with Crippen LogP contribution >= 0.6 is 0 Å². The second kappa shape index (κ2) is 2.87. The van der Waals surface area contributed by atoms with E-state index in [2.05, 4.69) is 13.8 Å². The summed E-state index contributed by atoms with van der Waals surface area (Å²) in [6.45, 7) is 4.71. The second-order valence-corrected chi connectivity index (χ2v) is 6.82. The highest BCUT2D eigenvalue weighted by atomic mass is 16.1. The van der Waals surface area contributed by atoms with Crippen molar-refractivity contribution in [3.8, 4) is 0 Å². The van der Waals surface area contributed by atoms with Gasteiger partial charge in [0.2, 0.25) is 0 Å². The molecule has 15 heavy (non-hydrogen) atoms. The zero-order chi connectivity index (χ0) is 10.7. The number of hydrogen-bond donors (Lipinski definition) is 0. The lowest BCUT2D eigenvalue weighted by Gasteiger charge is -2.44. The Morgan fingerprint density at radius 1 is 1.20 bits per heavy atom. The maximum Gasteiger partial charge on any atom is 0.139 e. The first-order chi connectivity index (χ1) is 7.04. The van der Waals surface area contributed by atoms with E-state index in [1.54, 1.807) is 0 Å². The van der Waals surface area contributed by atoms with Gasteiger partial charge in [0.25, 0.3) is 0 Å². The van der Waals surface area contributed by atoms with Crippen LogP contribution in [-0.2, 0) is 4.79 Å². The molecule has 4 unspecified atom stereocenters. The van der Waals surface area contributed by atoms with Crippen molar-refractivity contribution in [1.82, 2.24) is 0 Å². The summed E-state index contributed by atoms with van der Waals surface area (Å²) in [7, 11) is 0. The maximum atomic E-state index is 12.1.